The van der Waals surface area contributed by atoms with Crippen LogP contribution in [0.5, 0.6) is 0 Å². The molecule has 0 heterocycles. The fourth-order valence-corrected chi connectivity index (χ4v) is 1.81. The Hall–Kier alpha value is -3.02. The van der Waals surface area contributed by atoms with Crippen molar-refractivity contribution in [2.24, 2.45) is 0 Å². The first-order valence-electron chi connectivity index (χ1n) is 6.79. The molecule has 0 atom stereocenters. The standard InChI is InChI=1S/C17H14FNO4/c1-11(20)12-3-2-4-13(9-12)17(22)23-10-16(21)19-15-7-5-14(18)6-8-15/h2-9H,10H2,1H3,(H,19,21). The van der Waals surface area contributed by atoms with Crippen LogP contribution >= 0.6 is 0 Å². The number of esters is 1. The van der Waals surface area contributed by atoms with E-state index in [4.69, 9.17) is 4.74 Å². The van der Waals surface area contributed by atoms with Crippen LogP contribution in [-0.4, -0.2) is 24.3 Å². The topological polar surface area (TPSA) is 72.5 Å². The van der Waals surface area contributed by atoms with Crippen LogP contribution in [0.4, 0.5) is 10.1 Å². The van der Waals surface area contributed by atoms with Gasteiger partial charge in [0.1, 0.15) is 5.82 Å². The highest BCUT2D eigenvalue weighted by molar-refractivity contribution is 5.99. The number of ketones is 1. The van der Waals surface area contributed by atoms with Gasteiger partial charge in [0.15, 0.2) is 12.4 Å². The summed E-state index contributed by atoms with van der Waals surface area (Å²) in [7, 11) is 0. The lowest BCUT2D eigenvalue weighted by molar-refractivity contribution is -0.119. The van der Waals surface area contributed by atoms with Crippen LogP contribution in [0.2, 0.25) is 0 Å². The monoisotopic (exact) mass is 315 g/mol. The second kappa shape index (κ2) is 7.31. The third kappa shape index (κ3) is 4.74. The van der Waals surface area contributed by atoms with Crippen LogP contribution < -0.4 is 5.32 Å². The summed E-state index contributed by atoms with van der Waals surface area (Å²) in [6.07, 6.45) is 0. The first-order chi connectivity index (χ1) is 11.0. The summed E-state index contributed by atoms with van der Waals surface area (Å²) in [5.41, 5.74) is 0.966. The lowest BCUT2D eigenvalue weighted by Crippen LogP contribution is -2.21. The Bertz CT molecular complexity index is 741. The number of Topliss-reactive ketones (excluding diaryl/α,β-unsaturated/α-hetero) is 1. The third-order valence-electron chi connectivity index (χ3n) is 2.97. The van der Waals surface area contributed by atoms with Gasteiger partial charge in [-0.1, -0.05) is 12.1 Å². The smallest absolute Gasteiger partial charge is 0.338 e. The second-order valence-electron chi connectivity index (χ2n) is 4.77. The van der Waals surface area contributed by atoms with E-state index in [0.717, 1.165) is 0 Å². The average molecular weight is 315 g/mol. The Balaban J connectivity index is 1.91. The first kappa shape index (κ1) is 16.4. The molecule has 0 bridgehead atoms. The van der Waals surface area contributed by atoms with Crippen LogP contribution in [0.15, 0.2) is 48.5 Å². The van der Waals surface area contributed by atoms with Crippen molar-refractivity contribution in [3.8, 4) is 0 Å². The average Bonchev–Trinajstić information content (AvgIpc) is 2.55. The molecule has 0 unspecified atom stereocenters. The minimum absolute atomic E-state index is 0.172. The third-order valence-corrected chi connectivity index (χ3v) is 2.97. The van der Waals surface area contributed by atoms with Crippen LogP contribution in [-0.2, 0) is 9.53 Å². The number of anilines is 1. The van der Waals surface area contributed by atoms with E-state index >= 15 is 0 Å². The zero-order valence-corrected chi connectivity index (χ0v) is 12.3. The number of nitrogens with one attached hydrogen (secondary N) is 1. The molecule has 0 aliphatic rings. The predicted octanol–water partition coefficient (Wildman–Crippen LogP) is 2.82. The Labute approximate surface area is 132 Å². The van der Waals surface area contributed by atoms with Gasteiger partial charge < -0.3 is 10.1 Å². The number of hydrogen-bond acceptors (Lipinski definition) is 4. The van der Waals surface area contributed by atoms with Crippen molar-refractivity contribution in [1.29, 1.82) is 0 Å². The van der Waals surface area contributed by atoms with Gasteiger partial charge in [-0.2, -0.15) is 0 Å². The first-order valence-corrected chi connectivity index (χ1v) is 6.79. The molecule has 23 heavy (non-hydrogen) atoms. The molecule has 0 aromatic heterocycles. The van der Waals surface area contributed by atoms with Crippen LogP contribution in [0, 0.1) is 5.82 Å². The van der Waals surface area contributed by atoms with E-state index in [9.17, 15) is 18.8 Å². The van der Waals surface area contributed by atoms with Crippen LogP contribution in [0.3, 0.4) is 0 Å². The predicted molar refractivity (Wildman–Crippen MR) is 81.8 cm³/mol. The SMILES string of the molecule is CC(=O)c1cccc(C(=O)OCC(=O)Nc2ccc(F)cc2)c1. The number of carbonyl (C=O) groups excluding carboxylic acids is 3. The van der Waals surface area contributed by atoms with Gasteiger partial charge in [0.05, 0.1) is 5.56 Å². The van der Waals surface area contributed by atoms with E-state index in [-0.39, 0.29) is 11.3 Å². The van der Waals surface area contributed by atoms with Crippen molar-refractivity contribution in [2.75, 3.05) is 11.9 Å². The maximum atomic E-state index is 12.7. The van der Waals surface area contributed by atoms with Crippen molar-refractivity contribution >= 4 is 23.3 Å². The Morgan fingerprint density at radius 3 is 2.35 bits per heavy atom. The van der Waals surface area contributed by atoms with Gasteiger partial charge in [0.2, 0.25) is 0 Å². The minimum atomic E-state index is -0.706. The summed E-state index contributed by atoms with van der Waals surface area (Å²) >= 11 is 0. The fraction of sp³-hybridized carbons (Fsp3) is 0.118. The number of carbonyl (C=O) groups is 3. The van der Waals surface area contributed by atoms with Crippen LogP contribution in [0.25, 0.3) is 0 Å². The maximum Gasteiger partial charge on any atom is 0.338 e. The molecule has 0 aliphatic carbocycles. The van der Waals surface area contributed by atoms with Crippen molar-refractivity contribution in [3.63, 3.8) is 0 Å². The van der Waals surface area contributed by atoms with E-state index in [2.05, 4.69) is 5.32 Å². The molecule has 0 spiro atoms. The number of hydrogen-bond donors (Lipinski definition) is 1. The summed E-state index contributed by atoms with van der Waals surface area (Å²) < 4.78 is 17.6. The lowest BCUT2D eigenvalue weighted by atomic mass is 10.1. The highest BCUT2D eigenvalue weighted by Gasteiger charge is 2.12. The molecule has 0 saturated carbocycles. The summed E-state index contributed by atoms with van der Waals surface area (Å²) in [4.78, 5) is 34.8. The van der Waals surface area contributed by atoms with Gasteiger partial charge in [-0.25, -0.2) is 9.18 Å². The number of ether oxygens (including phenoxy) is 1. The zero-order valence-electron chi connectivity index (χ0n) is 12.3. The highest BCUT2D eigenvalue weighted by atomic mass is 19.1. The van der Waals surface area contributed by atoms with E-state index < -0.39 is 24.3 Å². The Morgan fingerprint density at radius 1 is 1.04 bits per heavy atom. The molecule has 1 N–H and O–H groups in total. The molecule has 0 radical (unpaired) electrons. The van der Waals surface area contributed by atoms with E-state index in [1.54, 1.807) is 12.1 Å². The summed E-state index contributed by atoms with van der Waals surface area (Å²) in [6.45, 7) is 0.904. The van der Waals surface area contributed by atoms with Gasteiger partial charge in [-0.05, 0) is 43.3 Å². The largest absolute Gasteiger partial charge is 0.452 e. The molecule has 118 valence electrons. The second-order valence-corrected chi connectivity index (χ2v) is 4.77. The molecular weight excluding hydrogens is 301 g/mol. The molecule has 1 amide bonds. The molecule has 5 nitrogen and oxygen atoms in total. The minimum Gasteiger partial charge on any atom is -0.452 e. The number of benzene rings is 2. The van der Waals surface area contributed by atoms with Crippen molar-refractivity contribution in [2.45, 2.75) is 6.92 Å². The molecule has 2 aromatic rings. The Morgan fingerprint density at radius 2 is 1.70 bits per heavy atom. The van der Waals surface area contributed by atoms with E-state index in [0.29, 0.717) is 11.3 Å². The van der Waals surface area contributed by atoms with E-state index in [1.807, 2.05) is 0 Å². The summed E-state index contributed by atoms with van der Waals surface area (Å²) in [5.74, 6) is -1.84. The van der Waals surface area contributed by atoms with Gasteiger partial charge in [-0.15, -0.1) is 0 Å². The molecule has 0 fully saturated rings. The quantitative estimate of drug-likeness (QED) is 0.680. The molecule has 0 saturated heterocycles. The molecular formula is C17H14FNO4. The summed E-state index contributed by atoms with van der Waals surface area (Å²) in [6, 6.07) is 11.2. The summed E-state index contributed by atoms with van der Waals surface area (Å²) in [5, 5.41) is 2.47. The fourth-order valence-electron chi connectivity index (χ4n) is 1.81. The molecule has 0 aliphatic heterocycles. The normalized spacial score (nSPS) is 10.0. The number of amides is 1. The maximum absolute atomic E-state index is 12.7. The van der Waals surface area contributed by atoms with Gasteiger partial charge in [-0.3, -0.25) is 9.59 Å². The number of rotatable bonds is 5. The van der Waals surface area contributed by atoms with Gasteiger partial charge in [0.25, 0.3) is 5.91 Å². The zero-order chi connectivity index (χ0) is 16.8. The van der Waals surface area contributed by atoms with Crippen molar-refractivity contribution in [3.05, 3.63) is 65.5 Å². The molecule has 2 rings (SSSR count). The van der Waals surface area contributed by atoms with Crippen molar-refractivity contribution in [1.82, 2.24) is 0 Å². The van der Waals surface area contributed by atoms with Crippen LogP contribution in [0.1, 0.15) is 27.6 Å². The molecule has 2 aromatic carbocycles. The number of halogens is 1. The van der Waals surface area contributed by atoms with Gasteiger partial charge in [0, 0.05) is 11.3 Å². The Kier molecular flexibility index (Phi) is 5.19. The van der Waals surface area contributed by atoms with E-state index in [1.165, 1.54) is 43.3 Å². The van der Waals surface area contributed by atoms with Crippen molar-refractivity contribution < 1.29 is 23.5 Å². The highest BCUT2D eigenvalue weighted by Crippen LogP contribution is 2.09. The molecule has 6 heteroatoms. The lowest BCUT2D eigenvalue weighted by Gasteiger charge is -2.07. The van der Waals surface area contributed by atoms with Gasteiger partial charge >= 0.3 is 5.97 Å².